The van der Waals surface area contributed by atoms with Gasteiger partial charge < -0.3 is 19.7 Å². The predicted molar refractivity (Wildman–Crippen MR) is 125 cm³/mol. The lowest BCUT2D eigenvalue weighted by Gasteiger charge is -2.32. The lowest BCUT2D eigenvalue weighted by atomic mass is 10.0. The third-order valence-corrected chi connectivity index (χ3v) is 5.81. The van der Waals surface area contributed by atoms with Crippen molar-refractivity contribution in [3.05, 3.63) is 60.3 Å². The number of rotatable bonds is 6. The van der Waals surface area contributed by atoms with Crippen molar-refractivity contribution in [3.63, 3.8) is 0 Å². The van der Waals surface area contributed by atoms with Crippen LogP contribution in [0.5, 0.6) is 11.5 Å². The van der Waals surface area contributed by atoms with Gasteiger partial charge in [-0.1, -0.05) is 18.2 Å². The highest BCUT2D eigenvalue weighted by Gasteiger charge is 2.28. The molecule has 2 aromatic carbocycles. The fraction of sp³-hybridized carbons (Fsp3) is 0.320. The van der Waals surface area contributed by atoms with Crippen molar-refractivity contribution in [2.75, 3.05) is 27.3 Å². The van der Waals surface area contributed by atoms with E-state index in [2.05, 4.69) is 5.32 Å². The molecule has 1 saturated heterocycles. The van der Waals surface area contributed by atoms with Gasteiger partial charge >= 0.3 is 0 Å². The molecule has 2 amide bonds. The number of nitrogens with one attached hydrogen (secondary N) is 1. The molecule has 2 heterocycles. The van der Waals surface area contributed by atoms with Crippen LogP contribution in [0.15, 0.2) is 54.7 Å². The number of carbonyl (C=O) groups is 2. The van der Waals surface area contributed by atoms with E-state index in [1.54, 1.807) is 25.1 Å². The summed E-state index contributed by atoms with van der Waals surface area (Å²) in [6.07, 6.45) is 3.23. The quantitative estimate of drug-likeness (QED) is 0.625. The molecule has 8 nitrogen and oxygen atoms in total. The Labute approximate surface area is 193 Å². The van der Waals surface area contributed by atoms with Crippen LogP contribution in [-0.2, 0) is 4.79 Å². The largest absolute Gasteiger partial charge is 0.493 e. The molecule has 33 heavy (non-hydrogen) atoms. The van der Waals surface area contributed by atoms with Crippen LogP contribution in [-0.4, -0.2) is 59.8 Å². The van der Waals surface area contributed by atoms with Crippen LogP contribution in [0.4, 0.5) is 0 Å². The minimum atomic E-state index is -0.0803. The Morgan fingerprint density at radius 2 is 1.70 bits per heavy atom. The van der Waals surface area contributed by atoms with Gasteiger partial charge in [-0.15, -0.1) is 0 Å². The SMILES string of the molecule is COc1ccc(-c2nn(-c3ccccc3)cc2C(=O)N2CCC(NC(C)=O)CC2)cc1OC. The molecule has 0 unspecified atom stereocenters. The van der Waals surface area contributed by atoms with Gasteiger partial charge in [0.15, 0.2) is 11.5 Å². The third kappa shape index (κ3) is 4.84. The van der Waals surface area contributed by atoms with Crippen molar-refractivity contribution in [2.45, 2.75) is 25.8 Å². The minimum absolute atomic E-state index is 0.0420. The molecule has 1 aliphatic rings. The lowest BCUT2D eigenvalue weighted by Crippen LogP contribution is -2.46. The molecule has 8 heteroatoms. The van der Waals surface area contributed by atoms with Crippen LogP contribution in [0.3, 0.4) is 0 Å². The van der Waals surface area contributed by atoms with Crippen molar-refractivity contribution in [3.8, 4) is 28.4 Å². The Hall–Kier alpha value is -3.81. The van der Waals surface area contributed by atoms with Gasteiger partial charge in [-0.2, -0.15) is 5.10 Å². The van der Waals surface area contributed by atoms with Gasteiger partial charge in [0.25, 0.3) is 5.91 Å². The molecule has 1 fully saturated rings. The van der Waals surface area contributed by atoms with E-state index < -0.39 is 0 Å². The Morgan fingerprint density at radius 3 is 2.33 bits per heavy atom. The van der Waals surface area contributed by atoms with Crippen molar-refractivity contribution in [1.29, 1.82) is 0 Å². The second kappa shape index (κ2) is 9.77. The fourth-order valence-electron chi connectivity index (χ4n) is 4.12. The normalized spacial score (nSPS) is 14.1. The number of aromatic nitrogens is 2. The molecular weight excluding hydrogens is 420 g/mol. The first-order valence-electron chi connectivity index (χ1n) is 10.9. The number of benzene rings is 2. The van der Waals surface area contributed by atoms with E-state index in [-0.39, 0.29) is 17.9 Å². The monoisotopic (exact) mass is 448 g/mol. The summed E-state index contributed by atoms with van der Waals surface area (Å²) < 4.78 is 12.5. The second-order valence-electron chi connectivity index (χ2n) is 8.01. The molecule has 0 spiro atoms. The van der Waals surface area contributed by atoms with Crippen molar-refractivity contribution in [2.24, 2.45) is 0 Å². The number of ether oxygens (including phenoxy) is 2. The number of nitrogens with zero attached hydrogens (tertiary/aromatic N) is 3. The van der Waals surface area contributed by atoms with Crippen LogP contribution in [0.2, 0.25) is 0 Å². The zero-order valence-corrected chi connectivity index (χ0v) is 19.1. The zero-order chi connectivity index (χ0) is 23.4. The Bertz CT molecular complexity index is 1130. The number of hydrogen-bond donors (Lipinski definition) is 1. The van der Waals surface area contributed by atoms with E-state index in [9.17, 15) is 9.59 Å². The van der Waals surface area contributed by atoms with Crippen LogP contribution < -0.4 is 14.8 Å². The number of para-hydroxylation sites is 1. The number of amides is 2. The highest BCUT2D eigenvalue weighted by atomic mass is 16.5. The van der Waals surface area contributed by atoms with E-state index in [1.807, 2.05) is 53.4 Å². The van der Waals surface area contributed by atoms with Crippen LogP contribution in [0.25, 0.3) is 16.9 Å². The van der Waals surface area contributed by atoms with E-state index in [0.717, 1.165) is 24.1 Å². The summed E-state index contributed by atoms with van der Waals surface area (Å²) in [5.74, 6) is 1.05. The average Bonchev–Trinajstić information content (AvgIpc) is 3.29. The molecule has 172 valence electrons. The summed E-state index contributed by atoms with van der Waals surface area (Å²) in [4.78, 5) is 26.8. The number of hydrogen-bond acceptors (Lipinski definition) is 5. The van der Waals surface area contributed by atoms with Gasteiger partial charge in [0.05, 0.1) is 25.5 Å². The van der Waals surface area contributed by atoms with E-state index in [0.29, 0.717) is 35.8 Å². The molecule has 0 radical (unpaired) electrons. The summed E-state index contributed by atoms with van der Waals surface area (Å²) >= 11 is 0. The first-order chi connectivity index (χ1) is 16.0. The molecule has 1 aromatic heterocycles. The molecule has 0 bridgehead atoms. The zero-order valence-electron chi connectivity index (χ0n) is 19.1. The maximum Gasteiger partial charge on any atom is 0.257 e. The molecule has 0 aliphatic carbocycles. The fourth-order valence-corrected chi connectivity index (χ4v) is 4.12. The van der Waals surface area contributed by atoms with Gasteiger partial charge in [-0.25, -0.2) is 4.68 Å². The molecule has 3 aromatic rings. The van der Waals surface area contributed by atoms with Crippen molar-refractivity contribution in [1.82, 2.24) is 20.0 Å². The number of likely N-dealkylation sites (tertiary alicyclic amines) is 1. The van der Waals surface area contributed by atoms with Crippen LogP contribution in [0.1, 0.15) is 30.1 Å². The van der Waals surface area contributed by atoms with Crippen molar-refractivity contribution >= 4 is 11.8 Å². The highest BCUT2D eigenvalue weighted by molar-refractivity contribution is 6.00. The maximum absolute atomic E-state index is 13.6. The molecular formula is C25H28N4O4. The van der Waals surface area contributed by atoms with E-state index in [4.69, 9.17) is 14.6 Å². The molecule has 0 saturated carbocycles. The highest BCUT2D eigenvalue weighted by Crippen LogP contribution is 2.34. The molecule has 1 N–H and O–H groups in total. The predicted octanol–water partition coefficient (Wildman–Crippen LogP) is 3.30. The first kappa shape index (κ1) is 22.4. The summed E-state index contributed by atoms with van der Waals surface area (Å²) in [6.45, 7) is 2.67. The second-order valence-corrected chi connectivity index (χ2v) is 8.01. The van der Waals surface area contributed by atoms with Crippen LogP contribution in [0, 0.1) is 0 Å². The molecule has 0 atom stereocenters. The number of piperidine rings is 1. The van der Waals surface area contributed by atoms with Gasteiger partial charge in [-0.3, -0.25) is 9.59 Å². The third-order valence-electron chi connectivity index (χ3n) is 5.81. The molecule has 1 aliphatic heterocycles. The average molecular weight is 449 g/mol. The van der Waals surface area contributed by atoms with Crippen LogP contribution >= 0.6 is 0 Å². The number of methoxy groups -OCH3 is 2. The summed E-state index contributed by atoms with van der Waals surface area (Å²) in [6, 6.07) is 15.3. The lowest BCUT2D eigenvalue weighted by molar-refractivity contribution is -0.119. The van der Waals surface area contributed by atoms with E-state index >= 15 is 0 Å². The van der Waals surface area contributed by atoms with Gasteiger partial charge in [0, 0.05) is 37.8 Å². The van der Waals surface area contributed by atoms with Crippen molar-refractivity contribution < 1.29 is 19.1 Å². The Balaban J connectivity index is 1.69. The molecule has 4 rings (SSSR count). The van der Waals surface area contributed by atoms with Gasteiger partial charge in [0.1, 0.15) is 5.69 Å². The standard InChI is InChI=1S/C25H28N4O4/c1-17(30)26-19-11-13-28(14-12-19)25(31)21-16-29(20-7-5-4-6-8-20)27-24(21)18-9-10-22(32-2)23(15-18)33-3/h4-10,15-16,19H,11-14H2,1-3H3,(H,26,30). The topological polar surface area (TPSA) is 85.7 Å². The Morgan fingerprint density at radius 1 is 1.00 bits per heavy atom. The summed E-state index contributed by atoms with van der Waals surface area (Å²) in [7, 11) is 3.16. The summed E-state index contributed by atoms with van der Waals surface area (Å²) in [5.41, 5.74) is 2.72. The smallest absolute Gasteiger partial charge is 0.257 e. The summed E-state index contributed by atoms with van der Waals surface area (Å²) in [5, 5.41) is 7.72. The number of carbonyl (C=O) groups excluding carboxylic acids is 2. The maximum atomic E-state index is 13.6. The van der Waals surface area contributed by atoms with Gasteiger partial charge in [-0.05, 0) is 43.2 Å². The van der Waals surface area contributed by atoms with Gasteiger partial charge in [0.2, 0.25) is 5.91 Å². The Kier molecular flexibility index (Phi) is 6.63. The minimum Gasteiger partial charge on any atom is -0.493 e. The first-order valence-corrected chi connectivity index (χ1v) is 10.9. The van der Waals surface area contributed by atoms with E-state index in [1.165, 1.54) is 6.92 Å².